The summed E-state index contributed by atoms with van der Waals surface area (Å²) in [5.41, 5.74) is 6.70. The van der Waals surface area contributed by atoms with Crippen LogP contribution in [0.25, 0.3) is 6.08 Å². The Hall–Kier alpha value is -1.44. The van der Waals surface area contributed by atoms with Gasteiger partial charge in [-0.05, 0) is 17.7 Å². The zero-order valence-electron chi connectivity index (χ0n) is 8.35. The van der Waals surface area contributed by atoms with Gasteiger partial charge in [0.05, 0.1) is 5.57 Å². The summed E-state index contributed by atoms with van der Waals surface area (Å²) in [4.78, 5) is 0.0981. The van der Waals surface area contributed by atoms with E-state index >= 15 is 0 Å². The van der Waals surface area contributed by atoms with Crippen molar-refractivity contribution in [1.29, 1.82) is 5.26 Å². The molecule has 0 atom stereocenters. The maximum atomic E-state index is 8.78. The first kappa shape index (κ1) is 12.6. The van der Waals surface area contributed by atoms with Crippen LogP contribution >= 0.6 is 28.1 Å². The predicted molar refractivity (Wildman–Crippen MR) is 73.8 cm³/mol. The van der Waals surface area contributed by atoms with Gasteiger partial charge < -0.3 is 5.73 Å². The lowest BCUT2D eigenvalue weighted by Crippen LogP contribution is -2.09. The van der Waals surface area contributed by atoms with E-state index in [2.05, 4.69) is 15.9 Å². The lowest BCUT2D eigenvalue weighted by Gasteiger charge is -1.95. The van der Waals surface area contributed by atoms with Gasteiger partial charge in [-0.3, -0.25) is 0 Å². The minimum Gasteiger partial charge on any atom is -0.389 e. The molecule has 1 rings (SSSR count). The van der Waals surface area contributed by atoms with Crippen LogP contribution in [0.4, 0.5) is 0 Å². The van der Waals surface area contributed by atoms with E-state index in [4.69, 9.17) is 23.2 Å². The fourth-order valence-corrected chi connectivity index (χ4v) is 1.64. The molecule has 0 unspecified atom stereocenters. The van der Waals surface area contributed by atoms with Gasteiger partial charge in [-0.25, -0.2) is 0 Å². The van der Waals surface area contributed by atoms with Crippen LogP contribution in [0.5, 0.6) is 0 Å². The van der Waals surface area contributed by atoms with Crippen molar-refractivity contribution in [1.82, 2.24) is 0 Å². The second-order valence-electron chi connectivity index (χ2n) is 2.97. The molecule has 0 aliphatic rings. The average Bonchev–Trinajstić information content (AvgIpc) is 2.27. The highest BCUT2D eigenvalue weighted by Gasteiger charge is 1.99. The molecule has 1 aromatic carbocycles. The summed E-state index contributed by atoms with van der Waals surface area (Å²) in [5.74, 6) is 0. The number of thiocarbonyl (C=S) groups is 1. The zero-order chi connectivity index (χ0) is 12.0. The Bertz CT molecular complexity index is 483. The number of rotatable bonds is 3. The molecule has 2 N–H and O–H groups in total. The Morgan fingerprint density at radius 2 is 2.00 bits per heavy atom. The Balaban J connectivity index is 2.96. The molecule has 0 amide bonds. The van der Waals surface area contributed by atoms with E-state index in [1.165, 1.54) is 0 Å². The molecule has 0 aliphatic heterocycles. The second kappa shape index (κ2) is 6.21. The molecule has 0 spiro atoms. The van der Waals surface area contributed by atoms with Crippen LogP contribution in [0.2, 0.25) is 0 Å². The SMILES string of the molecule is N#C/C(=C\C(Br)=C/c1ccccc1)C(N)=S. The smallest absolute Gasteiger partial charge is 0.114 e. The maximum absolute atomic E-state index is 8.78. The van der Waals surface area contributed by atoms with Gasteiger partial charge in [-0.2, -0.15) is 5.26 Å². The van der Waals surface area contributed by atoms with E-state index in [9.17, 15) is 0 Å². The van der Waals surface area contributed by atoms with E-state index in [-0.39, 0.29) is 10.6 Å². The summed E-state index contributed by atoms with van der Waals surface area (Å²) in [6.45, 7) is 0. The summed E-state index contributed by atoms with van der Waals surface area (Å²) in [7, 11) is 0. The van der Waals surface area contributed by atoms with E-state index in [0.717, 1.165) is 10.0 Å². The molecule has 0 aromatic heterocycles. The van der Waals surface area contributed by atoms with Crippen LogP contribution in [0.3, 0.4) is 0 Å². The predicted octanol–water partition coefficient (Wildman–Crippen LogP) is 3.16. The first-order valence-electron chi connectivity index (χ1n) is 4.47. The number of halogens is 1. The molecule has 0 fully saturated rings. The van der Waals surface area contributed by atoms with Crippen molar-refractivity contribution in [2.24, 2.45) is 5.73 Å². The fourth-order valence-electron chi connectivity index (χ4n) is 1.05. The molecule has 2 nitrogen and oxygen atoms in total. The molecular weight excluding hydrogens is 284 g/mol. The number of nitriles is 1. The third-order valence-electron chi connectivity index (χ3n) is 1.77. The summed E-state index contributed by atoms with van der Waals surface area (Å²) < 4.78 is 0.753. The largest absolute Gasteiger partial charge is 0.389 e. The molecule has 0 radical (unpaired) electrons. The molecule has 80 valence electrons. The van der Waals surface area contributed by atoms with E-state index in [1.807, 2.05) is 42.5 Å². The van der Waals surface area contributed by atoms with Crippen molar-refractivity contribution in [3.8, 4) is 6.07 Å². The lowest BCUT2D eigenvalue weighted by atomic mass is 10.2. The average molecular weight is 293 g/mol. The van der Waals surface area contributed by atoms with Gasteiger partial charge in [-0.15, -0.1) is 0 Å². The van der Waals surface area contributed by atoms with E-state index in [0.29, 0.717) is 0 Å². The van der Waals surface area contributed by atoms with Crippen LogP contribution in [-0.2, 0) is 0 Å². The number of nitrogens with two attached hydrogens (primary N) is 1. The number of allylic oxidation sites excluding steroid dienone is 2. The van der Waals surface area contributed by atoms with Gasteiger partial charge in [-0.1, -0.05) is 58.5 Å². The summed E-state index contributed by atoms with van der Waals surface area (Å²) in [6.07, 6.45) is 3.49. The standard InChI is InChI=1S/C12H9BrN2S/c13-11(7-10(8-14)12(15)16)6-9-4-2-1-3-5-9/h1-7H,(H2,15,16)/b10-7+,11-6+. The van der Waals surface area contributed by atoms with Crippen molar-refractivity contribution >= 4 is 39.2 Å². The number of hydrogen-bond donors (Lipinski definition) is 1. The van der Waals surface area contributed by atoms with Crippen LogP contribution in [0, 0.1) is 11.3 Å². The monoisotopic (exact) mass is 292 g/mol. The molecule has 0 bridgehead atoms. The number of nitrogens with zero attached hydrogens (tertiary/aromatic N) is 1. The summed E-state index contributed by atoms with van der Waals surface area (Å²) in [6, 6.07) is 11.7. The Morgan fingerprint density at radius 1 is 1.38 bits per heavy atom. The quantitative estimate of drug-likeness (QED) is 0.403. The zero-order valence-corrected chi connectivity index (χ0v) is 10.8. The topological polar surface area (TPSA) is 49.8 Å². The van der Waals surface area contributed by atoms with Crippen molar-refractivity contribution < 1.29 is 0 Å². The van der Waals surface area contributed by atoms with Gasteiger partial charge in [0.15, 0.2) is 0 Å². The fraction of sp³-hybridized carbons (Fsp3) is 0. The Kier molecular flexibility index (Phi) is 4.90. The van der Waals surface area contributed by atoms with Gasteiger partial charge in [0.2, 0.25) is 0 Å². The van der Waals surface area contributed by atoms with Gasteiger partial charge in [0.25, 0.3) is 0 Å². The highest BCUT2D eigenvalue weighted by molar-refractivity contribution is 9.12. The molecule has 4 heteroatoms. The minimum absolute atomic E-state index is 0.0981. The second-order valence-corrected chi connectivity index (χ2v) is 4.33. The molecule has 1 aromatic rings. The van der Waals surface area contributed by atoms with Gasteiger partial charge in [0.1, 0.15) is 11.1 Å². The summed E-state index contributed by atoms with van der Waals surface area (Å²) in [5, 5.41) is 8.78. The molecule has 0 saturated heterocycles. The highest BCUT2D eigenvalue weighted by atomic mass is 79.9. The first-order chi connectivity index (χ1) is 7.63. The highest BCUT2D eigenvalue weighted by Crippen LogP contribution is 2.15. The van der Waals surface area contributed by atoms with Gasteiger partial charge >= 0.3 is 0 Å². The van der Waals surface area contributed by atoms with Crippen LogP contribution in [0.1, 0.15) is 5.56 Å². The van der Waals surface area contributed by atoms with Crippen molar-refractivity contribution in [3.63, 3.8) is 0 Å². The molecule has 16 heavy (non-hydrogen) atoms. The van der Waals surface area contributed by atoms with Crippen molar-refractivity contribution in [2.45, 2.75) is 0 Å². The van der Waals surface area contributed by atoms with E-state index < -0.39 is 0 Å². The third-order valence-corrected chi connectivity index (χ3v) is 2.45. The third kappa shape index (κ3) is 3.97. The molecule has 0 heterocycles. The number of benzene rings is 1. The Labute approximate surface area is 108 Å². The molecule has 0 aliphatic carbocycles. The minimum atomic E-state index is 0.0981. The van der Waals surface area contributed by atoms with Crippen molar-refractivity contribution in [3.05, 3.63) is 52.0 Å². The molecule has 0 saturated carbocycles. The van der Waals surface area contributed by atoms with Crippen LogP contribution in [0.15, 0.2) is 46.5 Å². The van der Waals surface area contributed by atoms with Crippen LogP contribution < -0.4 is 5.73 Å². The van der Waals surface area contributed by atoms with E-state index in [1.54, 1.807) is 6.08 Å². The summed E-state index contributed by atoms with van der Waals surface area (Å²) >= 11 is 8.08. The normalized spacial score (nSPS) is 12.0. The first-order valence-corrected chi connectivity index (χ1v) is 5.67. The molecular formula is C12H9BrN2S. The maximum Gasteiger partial charge on any atom is 0.114 e. The number of hydrogen-bond acceptors (Lipinski definition) is 2. The lowest BCUT2D eigenvalue weighted by molar-refractivity contribution is 1.51. The van der Waals surface area contributed by atoms with Gasteiger partial charge in [0, 0.05) is 4.48 Å². The Morgan fingerprint density at radius 3 is 2.50 bits per heavy atom. The van der Waals surface area contributed by atoms with Crippen LogP contribution in [-0.4, -0.2) is 4.99 Å². The van der Waals surface area contributed by atoms with Crippen molar-refractivity contribution in [2.75, 3.05) is 0 Å².